The number of nitrogens with zero attached hydrogens (tertiary/aromatic N) is 1. The van der Waals surface area contributed by atoms with Gasteiger partial charge in [-0.25, -0.2) is 13.4 Å². The molecule has 2 aromatic carbocycles. The third-order valence-corrected chi connectivity index (χ3v) is 5.77. The fourth-order valence-electron chi connectivity index (χ4n) is 2.80. The maximum absolute atomic E-state index is 13.1. The molecular weight excluding hydrogens is 400 g/mol. The third-order valence-electron chi connectivity index (χ3n) is 4.42. The average Bonchev–Trinajstić information content (AvgIpc) is 2.64. The molecule has 0 saturated heterocycles. The zero-order chi connectivity index (χ0) is 21.4. The lowest BCUT2D eigenvalue weighted by Gasteiger charge is -2.17. The topological polar surface area (TPSA) is 59.1 Å². The van der Waals surface area contributed by atoms with E-state index in [0.717, 1.165) is 17.7 Å². The largest absolute Gasteiger partial charge is 0.416 e. The molecule has 9 heteroatoms. The van der Waals surface area contributed by atoms with Gasteiger partial charge in [0.25, 0.3) is 10.0 Å². The van der Waals surface area contributed by atoms with Gasteiger partial charge in [-0.1, -0.05) is 35.3 Å². The molecular formula is C20H16BF3N2O2S. The second kappa shape index (κ2) is 7.55. The Bertz CT molecular complexity index is 1160. The number of aryl methyl sites for hydroxylation is 1. The van der Waals surface area contributed by atoms with E-state index < -0.39 is 21.8 Å². The van der Waals surface area contributed by atoms with Crippen LogP contribution in [0.3, 0.4) is 0 Å². The van der Waals surface area contributed by atoms with Crippen LogP contribution in [-0.4, -0.2) is 21.2 Å². The number of hydrogen-bond donors (Lipinski definition) is 1. The summed E-state index contributed by atoms with van der Waals surface area (Å²) < 4.78 is 67.3. The van der Waals surface area contributed by atoms with E-state index in [1.54, 1.807) is 19.1 Å². The molecule has 0 spiro atoms. The second-order valence-electron chi connectivity index (χ2n) is 6.56. The lowest BCUT2D eigenvalue weighted by molar-refractivity contribution is -0.137. The molecule has 3 rings (SSSR count). The maximum atomic E-state index is 13.1. The number of anilines is 1. The molecule has 148 valence electrons. The number of pyridine rings is 1. The quantitative estimate of drug-likeness (QED) is 0.655. The molecule has 3 aromatic rings. The van der Waals surface area contributed by atoms with Crippen LogP contribution in [0.4, 0.5) is 19.0 Å². The van der Waals surface area contributed by atoms with E-state index in [9.17, 15) is 21.6 Å². The van der Waals surface area contributed by atoms with Crippen LogP contribution in [0.25, 0.3) is 11.1 Å². The zero-order valence-electron chi connectivity index (χ0n) is 15.6. The van der Waals surface area contributed by atoms with Crippen LogP contribution in [0.2, 0.25) is 0 Å². The standard InChI is InChI=1S/C20H16BF3N2O2S/c1-12-6-8-16(9-7-12)29(27,28)26-19-18(13(2)17(21)11-25-19)14-4-3-5-15(10-14)20(22,23)24/h3-11H,1-2H3,(H,25,26). The summed E-state index contributed by atoms with van der Waals surface area (Å²) in [7, 11) is 1.88. The highest BCUT2D eigenvalue weighted by Crippen LogP contribution is 2.35. The molecule has 0 unspecified atom stereocenters. The summed E-state index contributed by atoms with van der Waals surface area (Å²) in [5, 5.41) is 0. The summed E-state index contributed by atoms with van der Waals surface area (Å²) in [5.74, 6) is -0.100. The van der Waals surface area contributed by atoms with Gasteiger partial charge < -0.3 is 0 Å². The number of hydrogen-bond acceptors (Lipinski definition) is 3. The van der Waals surface area contributed by atoms with Crippen molar-refractivity contribution in [2.24, 2.45) is 0 Å². The smallest absolute Gasteiger partial charge is 0.263 e. The Balaban J connectivity index is 2.13. The SMILES string of the molecule is [B]c1cnc(NS(=O)(=O)c2ccc(C)cc2)c(-c2cccc(C(F)(F)F)c2)c1C. The fraction of sp³-hybridized carbons (Fsp3) is 0.150. The van der Waals surface area contributed by atoms with Crippen LogP contribution in [0.15, 0.2) is 59.6 Å². The van der Waals surface area contributed by atoms with Crippen LogP contribution in [-0.2, 0) is 16.2 Å². The number of halogens is 3. The van der Waals surface area contributed by atoms with Crippen molar-refractivity contribution in [3.8, 4) is 11.1 Å². The lowest BCUT2D eigenvalue weighted by Crippen LogP contribution is -2.18. The predicted molar refractivity (Wildman–Crippen MR) is 107 cm³/mol. The lowest BCUT2D eigenvalue weighted by atomic mass is 9.88. The van der Waals surface area contributed by atoms with Gasteiger partial charge in [-0.15, -0.1) is 0 Å². The van der Waals surface area contributed by atoms with E-state index in [1.165, 1.54) is 30.5 Å². The van der Waals surface area contributed by atoms with Gasteiger partial charge in [-0.3, -0.25) is 4.72 Å². The summed E-state index contributed by atoms with van der Waals surface area (Å²) in [5.41, 5.74) is 1.02. The van der Waals surface area contributed by atoms with Gasteiger partial charge in [0.1, 0.15) is 13.7 Å². The number of sulfonamides is 1. The van der Waals surface area contributed by atoms with Crippen LogP contribution < -0.4 is 10.2 Å². The van der Waals surface area contributed by atoms with E-state index in [2.05, 4.69) is 9.71 Å². The number of alkyl halides is 3. The van der Waals surface area contributed by atoms with Crippen molar-refractivity contribution in [3.63, 3.8) is 0 Å². The fourth-order valence-corrected chi connectivity index (χ4v) is 3.82. The van der Waals surface area contributed by atoms with E-state index in [4.69, 9.17) is 7.85 Å². The monoisotopic (exact) mass is 416 g/mol. The highest BCUT2D eigenvalue weighted by molar-refractivity contribution is 7.92. The normalized spacial score (nSPS) is 12.0. The van der Waals surface area contributed by atoms with Crippen molar-refractivity contribution in [1.82, 2.24) is 4.98 Å². The Morgan fingerprint density at radius 2 is 1.69 bits per heavy atom. The van der Waals surface area contributed by atoms with E-state index in [0.29, 0.717) is 5.56 Å². The van der Waals surface area contributed by atoms with E-state index in [-0.39, 0.29) is 27.3 Å². The zero-order valence-corrected chi connectivity index (χ0v) is 16.4. The molecule has 4 nitrogen and oxygen atoms in total. The van der Waals surface area contributed by atoms with Gasteiger partial charge in [0, 0.05) is 11.8 Å². The highest BCUT2D eigenvalue weighted by Gasteiger charge is 2.31. The molecule has 1 heterocycles. The summed E-state index contributed by atoms with van der Waals surface area (Å²) >= 11 is 0. The highest BCUT2D eigenvalue weighted by atomic mass is 32.2. The minimum Gasteiger partial charge on any atom is -0.263 e. The molecule has 1 N–H and O–H groups in total. The van der Waals surface area contributed by atoms with Crippen LogP contribution in [0.5, 0.6) is 0 Å². The van der Waals surface area contributed by atoms with Crippen molar-refractivity contribution in [2.75, 3.05) is 4.72 Å². The average molecular weight is 416 g/mol. The van der Waals surface area contributed by atoms with Crippen molar-refractivity contribution in [2.45, 2.75) is 24.9 Å². The maximum Gasteiger partial charge on any atom is 0.416 e. The number of nitrogens with one attached hydrogen (secondary N) is 1. The van der Waals surface area contributed by atoms with Gasteiger partial charge in [-0.05, 0) is 49.2 Å². The first-order valence-electron chi connectivity index (χ1n) is 8.51. The molecule has 0 bridgehead atoms. The molecule has 0 atom stereocenters. The number of aromatic nitrogens is 1. The van der Waals surface area contributed by atoms with Gasteiger partial charge in [0.2, 0.25) is 0 Å². The first-order chi connectivity index (χ1) is 13.5. The molecule has 0 aliphatic carbocycles. The first kappa shape index (κ1) is 20.9. The third kappa shape index (κ3) is 4.45. The van der Waals surface area contributed by atoms with E-state index in [1.807, 2.05) is 6.92 Å². The molecule has 29 heavy (non-hydrogen) atoms. The second-order valence-corrected chi connectivity index (χ2v) is 8.24. The van der Waals surface area contributed by atoms with Crippen LogP contribution in [0.1, 0.15) is 16.7 Å². The molecule has 2 radical (unpaired) electrons. The summed E-state index contributed by atoms with van der Waals surface area (Å²) in [4.78, 5) is 4.05. The molecule has 0 aliphatic heterocycles. The van der Waals surface area contributed by atoms with Crippen molar-refractivity contribution >= 4 is 29.2 Å². The molecule has 0 aliphatic rings. The molecule has 0 saturated carbocycles. The van der Waals surface area contributed by atoms with Crippen molar-refractivity contribution in [1.29, 1.82) is 0 Å². The van der Waals surface area contributed by atoms with Gasteiger partial charge in [0.15, 0.2) is 0 Å². The predicted octanol–water partition coefficient (Wildman–Crippen LogP) is 3.98. The Morgan fingerprint density at radius 3 is 2.31 bits per heavy atom. The van der Waals surface area contributed by atoms with E-state index >= 15 is 0 Å². The Morgan fingerprint density at radius 1 is 1.03 bits per heavy atom. The summed E-state index contributed by atoms with van der Waals surface area (Å²) in [6.45, 7) is 3.41. The van der Waals surface area contributed by atoms with Crippen LogP contribution >= 0.6 is 0 Å². The number of rotatable bonds is 4. The first-order valence-corrected chi connectivity index (χ1v) is 9.99. The van der Waals surface area contributed by atoms with Gasteiger partial charge in [-0.2, -0.15) is 13.2 Å². The molecule has 0 amide bonds. The Labute approximate surface area is 168 Å². The van der Waals surface area contributed by atoms with Gasteiger partial charge in [0.05, 0.1) is 10.5 Å². The number of benzene rings is 2. The van der Waals surface area contributed by atoms with Gasteiger partial charge >= 0.3 is 6.18 Å². The summed E-state index contributed by atoms with van der Waals surface area (Å²) in [6.07, 6.45) is -3.28. The Kier molecular flexibility index (Phi) is 5.45. The van der Waals surface area contributed by atoms with Crippen molar-refractivity contribution < 1.29 is 21.6 Å². The minimum atomic E-state index is -4.54. The molecule has 0 fully saturated rings. The van der Waals surface area contributed by atoms with Crippen molar-refractivity contribution in [3.05, 3.63) is 71.4 Å². The minimum absolute atomic E-state index is 0.00868. The molecule has 1 aromatic heterocycles. The van der Waals surface area contributed by atoms with Crippen LogP contribution in [0, 0.1) is 13.8 Å². The summed E-state index contributed by atoms with van der Waals surface area (Å²) in [6, 6.07) is 10.7. The Hall–Kier alpha value is -2.81.